The molecule has 0 atom stereocenters. The summed E-state index contributed by atoms with van der Waals surface area (Å²) in [6, 6.07) is 12.2. The van der Waals surface area contributed by atoms with E-state index in [0.29, 0.717) is 30.0 Å². The van der Waals surface area contributed by atoms with Gasteiger partial charge in [0.1, 0.15) is 5.75 Å². The largest absolute Gasteiger partial charge is 0.490 e. The van der Waals surface area contributed by atoms with Gasteiger partial charge in [-0.15, -0.1) is 0 Å². The van der Waals surface area contributed by atoms with Crippen LogP contribution in [-0.4, -0.2) is 64.5 Å². The zero-order chi connectivity index (χ0) is 26.5. The first-order valence-corrected chi connectivity index (χ1v) is 11.1. The molecule has 1 saturated heterocycles. The third kappa shape index (κ3) is 6.74. The Kier molecular flexibility index (Phi) is 8.18. The van der Waals surface area contributed by atoms with E-state index < -0.39 is 18.1 Å². The number of likely N-dealkylation sites (tertiary alicyclic amines) is 1. The summed E-state index contributed by atoms with van der Waals surface area (Å²) in [4.78, 5) is 37.4. The molecule has 0 aromatic heterocycles. The maximum Gasteiger partial charge on any atom is 0.490 e. The Labute approximate surface area is 204 Å². The number of nitrogens with two attached hydrogens (primary N) is 1. The molecule has 0 unspecified atom stereocenters. The van der Waals surface area contributed by atoms with E-state index >= 15 is 0 Å². The SMILES string of the molecule is N=C(N)N1CCc2ccc(OC(=O)c3ccc(C(=O)N4CCCC4)cc3)cc2C1.O=C(O)C(F)(F)F. The van der Waals surface area contributed by atoms with Crippen LogP contribution in [0.3, 0.4) is 0 Å². The molecule has 36 heavy (non-hydrogen) atoms. The molecule has 2 aromatic rings. The van der Waals surface area contributed by atoms with Crippen molar-refractivity contribution in [1.29, 1.82) is 5.41 Å². The van der Waals surface area contributed by atoms with Crippen molar-refractivity contribution in [1.82, 2.24) is 9.80 Å². The number of aliphatic carboxylic acids is 1. The van der Waals surface area contributed by atoms with Crippen LogP contribution in [0.5, 0.6) is 5.75 Å². The van der Waals surface area contributed by atoms with Crippen molar-refractivity contribution in [3.05, 3.63) is 64.7 Å². The van der Waals surface area contributed by atoms with Crippen LogP contribution in [-0.2, 0) is 17.8 Å². The zero-order valence-electron chi connectivity index (χ0n) is 19.2. The van der Waals surface area contributed by atoms with Crippen molar-refractivity contribution in [3.8, 4) is 5.75 Å². The van der Waals surface area contributed by atoms with Crippen LogP contribution in [0.2, 0.25) is 0 Å². The number of rotatable bonds is 3. The summed E-state index contributed by atoms with van der Waals surface area (Å²) in [6.45, 7) is 2.83. The van der Waals surface area contributed by atoms with Gasteiger partial charge in [-0.2, -0.15) is 13.2 Å². The van der Waals surface area contributed by atoms with Gasteiger partial charge in [0.25, 0.3) is 5.91 Å². The highest BCUT2D eigenvalue weighted by Crippen LogP contribution is 2.24. The minimum Gasteiger partial charge on any atom is -0.475 e. The third-order valence-electron chi connectivity index (χ3n) is 5.74. The van der Waals surface area contributed by atoms with Crippen molar-refractivity contribution < 1.29 is 37.4 Å². The van der Waals surface area contributed by atoms with E-state index in [1.807, 2.05) is 17.0 Å². The molecule has 2 aliphatic rings. The molecule has 1 fully saturated rings. The van der Waals surface area contributed by atoms with E-state index in [9.17, 15) is 22.8 Å². The number of carboxylic acids is 1. The highest BCUT2D eigenvalue weighted by Gasteiger charge is 2.38. The number of nitrogens with zero attached hydrogens (tertiary/aromatic N) is 2. The third-order valence-corrected chi connectivity index (χ3v) is 5.74. The smallest absolute Gasteiger partial charge is 0.475 e. The van der Waals surface area contributed by atoms with E-state index in [1.54, 1.807) is 35.2 Å². The molecule has 2 aromatic carbocycles. The van der Waals surface area contributed by atoms with Crippen molar-refractivity contribution in [2.75, 3.05) is 19.6 Å². The second-order valence-corrected chi connectivity index (χ2v) is 8.26. The van der Waals surface area contributed by atoms with Gasteiger partial charge in [0.15, 0.2) is 5.96 Å². The number of alkyl halides is 3. The normalized spacial score (nSPS) is 14.9. The summed E-state index contributed by atoms with van der Waals surface area (Å²) in [5.74, 6) is -2.72. The number of nitrogens with one attached hydrogen (secondary N) is 1. The second kappa shape index (κ2) is 11.1. The molecule has 9 nitrogen and oxygen atoms in total. The van der Waals surface area contributed by atoms with E-state index in [1.165, 1.54) is 5.56 Å². The number of fused-ring (bicyclic) bond motifs is 1. The Hall–Kier alpha value is -4.09. The van der Waals surface area contributed by atoms with Crippen LogP contribution in [0.25, 0.3) is 0 Å². The zero-order valence-corrected chi connectivity index (χ0v) is 19.2. The molecule has 0 aliphatic carbocycles. The van der Waals surface area contributed by atoms with Gasteiger partial charge in [-0.05, 0) is 66.8 Å². The van der Waals surface area contributed by atoms with Crippen LogP contribution in [0, 0.1) is 5.41 Å². The van der Waals surface area contributed by atoms with Crippen molar-refractivity contribution >= 4 is 23.8 Å². The molecule has 0 radical (unpaired) electrons. The Balaban J connectivity index is 0.000000454. The fourth-order valence-electron chi connectivity index (χ4n) is 3.82. The molecule has 12 heteroatoms. The van der Waals surface area contributed by atoms with Gasteiger partial charge >= 0.3 is 18.1 Å². The number of carboxylic acid groups (broad SMARTS) is 1. The number of guanidine groups is 1. The maximum atomic E-state index is 12.5. The standard InChI is InChI=1S/C22H24N4O3.C2HF3O2/c23-22(24)26-12-9-15-7-8-19(13-18(15)14-26)29-21(28)17-5-3-16(4-6-17)20(27)25-10-1-2-11-25;3-2(4,5)1(6)7/h3-8,13H,1-2,9-12,14H2,(H3,23,24);(H,6,7). The molecule has 4 rings (SSSR count). The highest BCUT2D eigenvalue weighted by atomic mass is 19.4. The van der Waals surface area contributed by atoms with Crippen LogP contribution in [0.1, 0.15) is 44.7 Å². The van der Waals surface area contributed by atoms with Gasteiger partial charge < -0.3 is 25.4 Å². The predicted octanol–water partition coefficient (Wildman–Crippen LogP) is 3.03. The maximum absolute atomic E-state index is 12.5. The van der Waals surface area contributed by atoms with Crippen LogP contribution in [0.15, 0.2) is 42.5 Å². The minimum absolute atomic E-state index is 0.00660. The second-order valence-electron chi connectivity index (χ2n) is 8.26. The van der Waals surface area contributed by atoms with Crippen molar-refractivity contribution in [3.63, 3.8) is 0 Å². The molecular formula is C24H25F3N4O5. The van der Waals surface area contributed by atoms with Crippen molar-refractivity contribution in [2.45, 2.75) is 32.0 Å². The Morgan fingerprint density at radius 2 is 1.50 bits per heavy atom. The highest BCUT2D eigenvalue weighted by molar-refractivity contribution is 5.96. The van der Waals surface area contributed by atoms with Gasteiger partial charge in [-0.3, -0.25) is 10.2 Å². The van der Waals surface area contributed by atoms with Gasteiger partial charge in [-0.25, -0.2) is 9.59 Å². The molecule has 0 spiro atoms. The van der Waals surface area contributed by atoms with Crippen LogP contribution in [0.4, 0.5) is 13.2 Å². The Morgan fingerprint density at radius 3 is 2.06 bits per heavy atom. The van der Waals surface area contributed by atoms with Gasteiger partial charge in [-0.1, -0.05) is 6.07 Å². The van der Waals surface area contributed by atoms with E-state index in [-0.39, 0.29) is 11.9 Å². The van der Waals surface area contributed by atoms with E-state index in [4.69, 9.17) is 25.8 Å². The lowest BCUT2D eigenvalue weighted by Gasteiger charge is -2.29. The first-order chi connectivity index (χ1) is 17.0. The minimum atomic E-state index is -5.08. The first-order valence-electron chi connectivity index (χ1n) is 11.1. The average Bonchev–Trinajstić information content (AvgIpc) is 3.38. The number of esters is 1. The number of hydrogen-bond acceptors (Lipinski definition) is 5. The number of amides is 1. The lowest BCUT2D eigenvalue weighted by Crippen LogP contribution is -2.40. The monoisotopic (exact) mass is 506 g/mol. The molecule has 0 bridgehead atoms. The number of hydrogen-bond donors (Lipinski definition) is 3. The number of halogens is 3. The quantitative estimate of drug-likeness (QED) is 0.252. The lowest BCUT2D eigenvalue weighted by molar-refractivity contribution is -0.192. The number of ether oxygens (including phenoxy) is 1. The molecule has 4 N–H and O–H groups in total. The molecule has 0 saturated carbocycles. The summed E-state index contributed by atoms with van der Waals surface area (Å²) in [6.07, 6.45) is -2.20. The summed E-state index contributed by atoms with van der Waals surface area (Å²) in [5.41, 5.74) is 8.74. The van der Waals surface area contributed by atoms with Crippen LogP contribution < -0.4 is 10.5 Å². The molecule has 2 heterocycles. The van der Waals surface area contributed by atoms with E-state index in [2.05, 4.69) is 0 Å². The predicted molar refractivity (Wildman–Crippen MR) is 123 cm³/mol. The Bertz CT molecular complexity index is 1150. The topological polar surface area (TPSA) is 137 Å². The first kappa shape index (κ1) is 26.5. The van der Waals surface area contributed by atoms with Gasteiger partial charge in [0, 0.05) is 31.7 Å². The lowest BCUT2D eigenvalue weighted by atomic mass is 10.00. The van der Waals surface area contributed by atoms with Crippen molar-refractivity contribution in [2.24, 2.45) is 5.73 Å². The van der Waals surface area contributed by atoms with Gasteiger partial charge in [0.05, 0.1) is 5.56 Å². The summed E-state index contributed by atoms with van der Waals surface area (Å²) in [5, 5.41) is 14.7. The Morgan fingerprint density at radius 1 is 0.917 bits per heavy atom. The summed E-state index contributed by atoms with van der Waals surface area (Å²) < 4.78 is 37.3. The number of carbonyl (C=O) groups excluding carboxylic acids is 2. The number of carbonyl (C=O) groups is 3. The molecular weight excluding hydrogens is 481 g/mol. The molecule has 1 amide bonds. The number of benzene rings is 2. The summed E-state index contributed by atoms with van der Waals surface area (Å²) in [7, 11) is 0. The fourth-order valence-corrected chi connectivity index (χ4v) is 3.82. The molecule has 2 aliphatic heterocycles. The fraction of sp³-hybridized carbons (Fsp3) is 0.333. The summed E-state index contributed by atoms with van der Waals surface area (Å²) >= 11 is 0. The average molecular weight is 506 g/mol. The van der Waals surface area contributed by atoms with Gasteiger partial charge in [0.2, 0.25) is 0 Å². The molecule has 192 valence electrons. The van der Waals surface area contributed by atoms with Crippen LogP contribution >= 0.6 is 0 Å². The van der Waals surface area contributed by atoms with E-state index in [0.717, 1.165) is 37.9 Å².